The molecule has 0 saturated heterocycles. The third kappa shape index (κ3) is 6.39. The summed E-state index contributed by atoms with van der Waals surface area (Å²) in [5.41, 5.74) is 0.136. The number of carbonyl (C=O) groups excluding carboxylic acids is 2. The van der Waals surface area contributed by atoms with Gasteiger partial charge in [-0.2, -0.15) is 0 Å². The fourth-order valence-electron chi connectivity index (χ4n) is 2.97. The summed E-state index contributed by atoms with van der Waals surface area (Å²) < 4.78 is 53.3. The van der Waals surface area contributed by atoms with Gasteiger partial charge in [-0.25, -0.2) is 17.2 Å². The molecule has 0 saturated carbocycles. The molecule has 11 heteroatoms. The average Bonchev–Trinajstić information content (AvgIpc) is 2.72. The predicted molar refractivity (Wildman–Crippen MR) is 119 cm³/mol. The molecule has 0 bridgehead atoms. The third-order valence-electron chi connectivity index (χ3n) is 4.69. The van der Waals surface area contributed by atoms with Gasteiger partial charge in [-0.15, -0.1) is 0 Å². The molecule has 174 valence electrons. The minimum absolute atomic E-state index is 0.0243. The second-order valence-corrected chi connectivity index (χ2v) is 9.37. The lowest BCUT2D eigenvalue weighted by atomic mass is 10.1. The Morgan fingerprint density at radius 3 is 2.34 bits per heavy atom. The smallest absolute Gasteiger partial charge is 0.244 e. The number of rotatable bonds is 9. The van der Waals surface area contributed by atoms with Crippen LogP contribution in [0.3, 0.4) is 0 Å². The highest BCUT2D eigenvalue weighted by molar-refractivity contribution is 7.92. The van der Waals surface area contributed by atoms with Crippen molar-refractivity contribution < 1.29 is 26.8 Å². The van der Waals surface area contributed by atoms with Crippen LogP contribution < -0.4 is 9.62 Å². The van der Waals surface area contributed by atoms with Crippen molar-refractivity contribution >= 4 is 39.1 Å². The number of halogens is 3. The summed E-state index contributed by atoms with van der Waals surface area (Å²) in [5.74, 6) is -2.55. The van der Waals surface area contributed by atoms with E-state index in [-0.39, 0.29) is 22.8 Å². The number of hydrogen-bond acceptors (Lipinski definition) is 4. The maximum atomic E-state index is 14.2. The fourth-order valence-corrected chi connectivity index (χ4v) is 3.98. The number of nitrogens with zero attached hydrogens (tertiary/aromatic N) is 2. The SMILES string of the molecule is CCNC(=O)[C@@H](C)N(Cc1ccccc1F)C(=O)CN(c1ccc(F)c(Cl)c1)S(C)(=O)=O. The molecule has 0 aromatic heterocycles. The van der Waals surface area contributed by atoms with E-state index in [0.29, 0.717) is 6.54 Å². The summed E-state index contributed by atoms with van der Waals surface area (Å²) in [4.78, 5) is 26.7. The Kier molecular flexibility index (Phi) is 8.57. The molecule has 32 heavy (non-hydrogen) atoms. The highest BCUT2D eigenvalue weighted by atomic mass is 35.5. The molecule has 0 aliphatic heterocycles. The van der Waals surface area contributed by atoms with Crippen LogP contribution in [0.25, 0.3) is 0 Å². The second kappa shape index (κ2) is 10.7. The Morgan fingerprint density at radius 2 is 1.78 bits per heavy atom. The predicted octanol–water partition coefficient (Wildman–Crippen LogP) is 2.94. The van der Waals surface area contributed by atoms with Crippen LogP contribution in [0, 0.1) is 11.6 Å². The molecule has 0 heterocycles. The van der Waals surface area contributed by atoms with Crippen LogP contribution in [-0.2, 0) is 26.2 Å². The van der Waals surface area contributed by atoms with Crippen LogP contribution in [0.1, 0.15) is 19.4 Å². The van der Waals surface area contributed by atoms with E-state index in [0.717, 1.165) is 27.6 Å². The monoisotopic (exact) mass is 487 g/mol. The lowest BCUT2D eigenvalue weighted by Gasteiger charge is -2.31. The Labute approximate surface area is 191 Å². The number of carbonyl (C=O) groups is 2. The van der Waals surface area contributed by atoms with Gasteiger partial charge in [0.05, 0.1) is 17.0 Å². The minimum atomic E-state index is -3.98. The zero-order chi connectivity index (χ0) is 24.1. The third-order valence-corrected chi connectivity index (χ3v) is 6.12. The zero-order valence-electron chi connectivity index (χ0n) is 17.8. The highest BCUT2D eigenvalue weighted by Gasteiger charge is 2.30. The summed E-state index contributed by atoms with van der Waals surface area (Å²) in [6.45, 7) is 2.53. The van der Waals surface area contributed by atoms with E-state index in [9.17, 15) is 26.8 Å². The second-order valence-electron chi connectivity index (χ2n) is 7.05. The Balaban J connectivity index is 2.42. The first-order chi connectivity index (χ1) is 15.0. The van der Waals surface area contributed by atoms with E-state index < -0.39 is 46.1 Å². The topological polar surface area (TPSA) is 86.8 Å². The minimum Gasteiger partial charge on any atom is -0.355 e. The lowest BCUT2D eigenvalue weighted by molar-refractivity contribution is -0.139. The number of nitrogens with one attached hydrogen (secondary N) is 1. The van der Waals surface area contributed by atoms with Crippen LogP contribution in [0.15, 0.2) is 42.5 Å². The van der Waals surface area contributed by atoms with Crippen molar-refractivity contribution in [2.45, 2.75) is 26.4 Å². The van der Waals surface area contributed by atoms with Gasteiger partial charge in [0.25, 0.3) is 0 Å². The maximum absolute atomic E-state index is 14.2. The van der Waals surface area contributed by atoms with E-state index in [1.165, 1.54) is 31.2 Å². The molecule has 0 aliphatic rings. The Morgan fingerprint density at radius 1 is 1.12 bits per heavy atom. The first-order valence-corrected chi connectivity index (χ1v) is 11.9. The van der Waals surface area contributed by atoms with Crippen LogP contribution >= 0.6 is 11.6 Å². The van der Waals surface area contributed by atoms with Crippen molar-refractivity contribution in [3.63, 3.8) is 0 Å². The summed E-state index contributed by atoms with van der Waals surface area (Å²) >= 11 is 5.77. The molecule has 2 rings (SSSR count). The maximum Gasteiger partial charge on any atom is 0.244 e. The standard InChI is InChI=1S/C21H24ClF2N3O4S/c1-4-25-21(29)14(2)26(12-15-7-5-6-8-18(15)23)20(28)13-27(32(3,30)31)16-9-10-19(24)17(22)11-16/h5-11,14H,4,12-13H2,1-3H3,(H,25,29)/t14-/m1/s1. The van der Waals surface area contributed by atoms with E-state index in [2.05, 4.69) is 5.32 Å². The quantitative estimate of drug-likeness (QED) is 0.589. The molecule has 0 aliphatic carbocycles. The molecule has 0 spiro atoms. The number of benzene rings is 2. The molecule has 7 nitrogen and oxygen atoms in total. The van der Waals surface area contributed by atoms with E-state index >= 15 is 0 Å². The van der Waals surface area contributed by atoms with Gasteiger partial charge in [0, 0.05) is 18.7 Å². The molecular formula is C21H24ClF2N3O4S. The van der Waals surface area contributed by atoms with Crippen molar-refractivity contribution in [3.05, 3.63) is 64.7 Å². The van der Waals surface area contributed by atoms with E-state index in [1.807, 2.05) is 0 Å². The molecule has 2 aromatic rings. The van der Waals surface area contributed by atoms with Crippen LogP contribution in [-0.4, -0.2) is 50.5 Å². The first-order valence-electron chi connectivity index (χ1n) is 9.69. The first kappa shape index (κ1) is 25.5. The van der Waals surface area contributed by atoms with Gasteiger partial charge in [0.2, 0.25) is 21.8 Å². The van der Waals surface area contributed by atoms with Gasteiger partial charge in [0.15, 0.2) is 0 Å². The molecular weight excluding hydrogens is 464 g/mol. The van der Waals surface area contributed by atoms with Gasteiger partial charge in [-0.05, 0) is 38.1 Å². The van der Waals surface area contributed by atoms with E-state index in [1.54, 1.807) is 13.0 Å². The summed E-state index contributed by atoms with van der Waals surface area (Å²) in [7, 11) is -3.98. The van der Waals surface area contributed by atoms with Crippen molar-refractivity contribution in [2.75, 3.05) is 23.7 Å². The van der Waals surface area contributed by atoms with Crippen molar-refractivity contribution in [1.82, 2.24) is 10.2 Å². The van der Waals surface area contributed by atoms with Crippen LogP contribution in [0.5, 0.6) is 0 Å². The number of anilines is 1. The normalized spacial score (nSPS) is 12.2. The largest absolute Gasteiger partial charge is 0.355 e. The molecule has 0 radical (unpaired) electrons. The number of likely N-dealkylation sites (N-methyl/N-ethyl adjacent to an activating group) is 1. The van der Waals surface area contributed by atoms with Gasteiger partial charge in [-0.3, -0.25) is 13.9 Å². The van der Waals surface area contributed by atoms with Crippen molar-refractivity contribution in [1.29, 1.82) is 0 Å². The molecule has 0 unspecified atom stereocenters. The van der Waals surface area contributed by atoms with Crippen LogP contribution in [0.4, 0.5) is 14.5 Å². The summed E-state index contributed by atoms with van der Waals surface area (Å²) in [6.07, 6.45) is 0.881. The summed E-state index contributed by atoms with van der Waals surface area (Å²) in [5, 5.41) is 2.28. The lowest BCUT2D eigenvalue weighted by Crippen LogP contribution is -2.51. The Hall–Kier alpha value is -2.72. The van der Waals surface area contributed by atoms with Gasteiger partial charge >= 0.3 is 0 Å². The highest BCUT2D eigenvalue weighted by Crippen LogP contribution is 2.25. The average molecular weight is 488 g/mol. The molecule has 1 N–H and O–H groups in total. The zero-order valence-corrected chi connectivity index (χ0v) is 19.4. The van der Waals surface area contributed by atoms with Gasteiger partial charge in [-0.1, -0.05) is 29.8 Å². The molecule has 2 aromatic carbocycles. The van der Waals surface area contributed by atoms with Crippen molar-refractivity contribution in [2.24, 2.45) is 0 Å². The van der Waals surface area contributed by atoms with E-state index in [4.69, 9.17) is 11.6 Å². The molecule has 2 amide bonds. The van der Waals surface area contributed by atoms with Gasteiger partial charge < -0.3 is 10.2 Å². The number of amides is 2. The number of sulfonamides is 1. The molecule has 0 fully saturated rings. The fraction of sp³-hybridized carbons (Fsp3) is 0.333. The van der Waals surface area contributed by atoms with Crippen molar-refractivity contribution in [3.8, 4) is 0 Å². The Bertz CT molecular complexity index is 1100. The van der Waals surface area contributed by atoms with Gasteiger partial charge in [0.1, 0.15) is 24.2 Å². The molecule has 1 atom stereocenters. The summed E-state index contributed by atoms with van der Waals surface area (Å²) in [6, 6.07) is 7.98. The number of hydrogen-bond donors (Lipinski definition) is 1. The van der Waals surface area contributed by atoms with Crippen LogP contribution in [0.2, 0.25) is 5.02 Å².